The molecule has 0 saturated carbocycles. The Hall–Kier alpha value is -2.05. The van der Waals surface area contributed by atoms with E-state index in [-0.39, 0.29) is 24.4 Å². The van der Waals surface area contributed by atoms with Gasteiger partial charge in [-0.05, 0) is 56.3 Å². The van der Waals surface area contributed by atoms with Gasteiger partial charge in [0.25, 0.3) is 5.91 Å². The number of carbonyl (C=O) groups excluding carboxylic acids is 1. The lowest BCUT2D eigenvalue weighted by Crippen LogP contribution is -2.37. The first-order valence-corrected chi connectivity index (χ1v) is 9.95. The average Bonchev–Trinajstić information content (AvgIpc) is 3.38. The van der Waals surface area contributed by atoms with Gasteiger partial charge in [-0.2, -0.15) is 5.10 Å². The Kier molecular flexibility index (Phi) is 6.97. The number of piperidine rings is 1. The van der Waals surface area contributed by atoms with Crippen molar-refractivity contribution in [2.45, 2.75) is 44.2 Å². The Morgan fingerprint density at radius 3 is 2.89 bits per heavy atom. The quantitative estimate of drug-likeness (QED) is 0.831. The van der Waals surface area contributed by atoms with Crippen molar-refractivity contribution in [2.75, 3.05) is 26.7 Å². The summed E-state index contributed by atoms with van der Waals surface area (Å²) >= 11 is 0. The number of nitrogens with zero attached hydrogens (tertiary/aromatic N) is 3. The highest BCUT2D eigenvalue weighted by Crippen LogP contribution is 2.27. The molecular weight excluding hydrogens is 376 g/mol. The molecule has 1 aromatic carbocycles. The number of hydrogen-bond acceptors (Lipinski definition) is 4. The molecule has 2 unspecified atom stereocenters. The standard InChI is InChI=1S/C21H28N4O2.ClH/c1-27-20-9-3-2-6-16(20)14-17-8-5-12-24(17)21(26)19-10-13-25(23-19)18-7-4-11-22-15-18;/h2-3,6,9-10,13,17-18,22H,4-5,7-8,11-12,14-15H2,1H3;1H. The fraction of sp³-hybridized carbons (Fsp3) is 0.524. The summed E-state index contributed by atoms with van der Waals surface area (Å²) in [6.45, 7) is 2.80. The van der Waals surface area contributed by atoms with E-state index in [0.29, 0.717) is 11.7 Å². The topological polar surface area (TPSA) is 59.4 Å². The van der Waals surface area contributed by atoms with E-state index in [2.05, 4.69) is 16.5 Å². The summed E-state index contributed by atoms with van der Waals surface area (Å²) in [5.74, 6) is 0.945. The lowest BCUT2D eigenvalue weighted by Gasteiger charge is -2.25. The summed E-state index contributed by atoms with van der Waals surface area (Å²) < 4.78 is 7.44. The number of para-hydroxylation sites is 1. The highest BCUT2D eigenvalue weighted by atomic mass is 35.5. The van der Waals surface area contributed by atoms with Gasteiger partial charge in [-0.15, -0.1) is 12.4 Å². The summed E-state index contributed by atoms with van der Waals surface area (Å²) in [4.78, 5) is 15.1. The van der Waals surface area contributed by atoms with Crippen LogP contribution in [0, 0.1) is 0 Å². The minimum absolute atomic E-state index is 0. The van der Waals surface area contributed by atoms with Gasteiger partial charge in [-0.3, -0.25) is 9.48 Å². The predicted molar refractivity (Wildman–Crippen MR) is 111 cm³/mol. The van der Waals surface area contributed by atoms with Gasteiger partial charge in [-0.1, -0.05) is 18.2 Å². The zero-order valence-electron chi connectivity index (χ0n) is 16.3. The molecule has 4 rings (SSSR count). The van der Waals surface area contributed by atoms with Gasteiger partial charge in [0.1, 0.15) is 11.4 Å². The second kappa shape index (κ2) is 9.43. The van der Waals surface area contributed by atoms with Gasteiger partial charge < -0.3 is 15.0 Å². The molecule has 2 saturated heterocycles. The fourth-order valence-electron chi connectivity index (χ4n) is 4.30. The van der Waals surface area contributed by atoms with Crippen LogP contribution in [0.15, 0.2) is 36.5 Å². The molecular formula is C21H29ClN4O2. The smallest absolute Gasteiger partial charge is 0.274 e. The fourth-order valence-corrected chi connectivity index (χ4v) is 4.30. The molecule has 6 nitrogen and oxygen atoms in total. The van der Waals surface area contributed by atoms with Crippen molar-refractivity contribution in [1.29, 1.82) is 0 Å². The summed E-state index contributed by atoms with van der Waals surface area (Å²) in [6.07, 6.45) is 7.11. The molecule has 3 heterocycles. The third-order valence-corrected chi connectivity index (χ3v) is 5.76. The molecule has 2 aliphatic heterocycles. The van der Waals surface area contributed by atoms with Crippen molar-refractivity contribution in [1.82, 2.24) is 20.0 Å². The number of rotatable bonds is 5. The van der Waals surface area contributed by atoms with Gasteiger partial charge in [-0.25, -0.2) is 0 Å². The highest BCUT2D eigenvalue weighted by Gasteiger charge is 2.31. The van der Waals surface area contributed by atoms with E-state index < -0.39 is 0 Å². The van der Waals surface area contributed by atoms with Gasteiger partial charge in [0, 0.05) is 25.3 Å². The summed E-state index contributed by atoms with van der Waals surface area (Å²) in [6, 6.07) is 10.5. The van der Waals surface area contributed by atoms with Crippen LogP contribution in [0.5, 0.6) is 5.75 Å². The second-order valence-corrected chi connectivity index (χ2v) is 7.49. The lowest BCUT2D eigenvalue weighted by molar-refractivity contribution is 0.0728. The molecule has 28 heavy (non-hydrogen) atoms. The molecule has 152 valence electrons. The predicted octanol–water partition coefficient (Wildman–Crippen LogP) is 3.09. The van der Waals surface area contributed by atoms with Gasteiger partial charge in [0.15, 0.2) is 0 Å². The van der Waals surface area contributed by atoms with E-state index in [1.54, 1.807) is 7.11 Å². The molecule has 2 aliphatic rings. The van der Waals surface area contributed by atoms with E-state index in [4.69, 9.17) is 4.74 Å². The molecule has 2 aromatic rings. The Morgan fingerprint density at radius 2 is 2.11 bits per heavy atom. The average molecular weight is 405 g/mol. The van der Waals surface area contributed by atoms with Gasteiger partial charge >= 0.3 is 0 Å². The molecule has 2 fully saturated rings. The van der Waals surface area contributed by atoms with Gasteiger partial charge in [0.2, 0.25) is 0 Å². The molecule has 1 amide bonds. The Bertz CT molecular complexity index is 788. The minimum atomic E-state index is 0. The number of amides is 1. The Labute approximate surface area is 172 Å². The van der Waals surface area contributed by atoms with Crippen LogP contribution in [0.2, 0.25) is 0 Å². The van der Waals surface area contributed by atoms with Crippen LogP contribution < -0.4 is 10.1 Å². The normalized spacial score (nSPS) is 22.0. The first kappa shape index (κ1) is 20.7. The van der Waals surface area contributed by atoms with Crippen molar-refractivity contribution in [3.05, 3.63) is 47.8 Å². The third kappa shape index (κ3) is 4.33. The third-order valence-electron chi connectivity index (χ3n) is 5.76. The maximum Gasteiger partial charge on any atom is 0.274 e. The summed E-state index contributed by atoms with van der Waals surface area (Å²) in [5.41, 5.74) is 1.72. The Morgan fingerprint density at radius 1 is 1.25 bits per heavy atom. The number of likely N-dealkylation sites (tertiary alicyclic amines) is 1. The molecule has 0 aliphatic carbocycles. The van der Waals surface area contributed by atoms with E-state index in [9.17, 15) is 4.79 Å². The van der Waals surface area contributed by atoms with Crippen LogP contribution in [-0.2, 0) is 6.42 Å². The molecule has 7 heteroatoms. The zero-order chi connectivity index (χ0) is 18.6. The number of nitrogens with one attached hydrogen (secondary N) is 1. The van der Waals surface area contributed by atoms with Crippen molar-refractivity contribution < 1.29 is 9.53 Å². The maximum atomic E-state index is 13.1. The monoisotopic (exact) mass is 404 g/mol. The largest absolute Gasteiger partial charge is 0.496 e. The number of hydrogen-bond donors (Lipinski definition) is 1. The molecule has 0 spiro atoms. The first-order valence-electron chi connectivity index (χ1n) is 9.95. The SMILES string of the molecule is COc1ccccc1CC1CCCN1C(=O)c1ccn(C2CCCNC2)n1.Cl. The number of benzene rings is 1. The van der Waals surface area contributed by atoms with Crippen LogP contribution in [0.1, 0.15) is 47.8 Å². The van der Waals surface area contributed by atoms with Crippen molar-refractivity contribution in [2.24, 2.45) is 0 Å². The highest BCUT2D eigenvalue weighted by molar-refractivity contribution is 5.92. The van der Waals surface area contributed by atoms with E-state index in [1.165, 1.54) is 0 Å². The second-order valence-electron chi connectivity index (χ2n) is 7.49. The van der Waals surface area contributed by atoms with Crippen molar-refractivity contribution in [3.63, 3.8) is 0 Å². The number of methoxy groups -OCH3 is 1. The van der Waals surface area contributed by atoms with Crippen LogP contribution in [0.25, 0.3) is 0 Å². The van der Waals surface area contributed by atoms with E-state index in [1.807, 2.05) is 40.0 Å². The van der Waals surface area contributed by atoms with E-state index >= 15 is 0 Å². The number of aromatic nitrogens is 2. The van der Waals surface area contributed by atoms with Crippen molar-refractivity contribution in [3.8, 4) is 5.75 Å². The Balaban J connectivity index is 0.00000225. The van der Waals surface area contributed by atoms with E-state index in [0.717, 1.165) is 63.1 Å². The molecule has 0 bridgehead atoms. The number of ether oxygens (including phenoxy) is 1. The molecule has 0 radical (unpaired) electrons. The lowest BCUT2D eigenvalue weighted by atomic mass is 10.0. The number of carbonyl (C=O) groups is 1. The molecule has 1 aromatic heterocycles. The first-order chi connectivity index (χ1) is 13.3. The minimum Gasteiger partial charge on any atom is -0.496 e. The zero-order valence-corrected chi connectivity index (χ0v) is 17.2. The molecule has 1 N–H and O–H groups in total. The van der Waals surface area contributed by atoms with Crippen LogP contribution >= 0.6 is 12.4 Å². The molecule has 2 atom stereocenters. The number of halogens is 1. The van der Waals surface area contributed by atoms with Crippen LogP contribution in [0.4, 0.5) is 0 Å². The maximum absolute atomic E-state index is 13.1. The summed E-state index contributed by atoms with van der Waals surface area (Å²) in [5, 5.41) is 8.02. The summed E-state index contributed by atoms with van der Waals surface area (Å²) in [7, 11) is 1.70. The van der Waals surface area contributed by atoms with Crippen molar-refractivity contribution >= 4 is 18.3 Å². The van der Waals surface area contributed by atoms with Crippen LogP contribution in [-0.4, -0.2) is 53.4 Å². The van der Waals surface area contributed by atoms with Crippen LogP contribution in [0.3, 0.4) is 0 Å². The van der Waals surface area contributed by atoms with Gasteiger partial charge in [0.05, 0.1) is 13.2 Å².